The van der Waals surface area contributed by atoms with Gasteiger partial charge >= 0.3 is 0 Å². The van der Waals surface area contributed by atoms with Crippen LogP contribution in [0.4, 0.5) is 5.69 Å². The van der Waals surface area contributed by atoms with E-state index in [1.807, 2.05) is 43.3 Å². The Hall–Kier alpha value is -2.64. The lowest BCUT2D eigenvalue weighted by Crippen LogP contribution is -2.32. The number of nitrogens with zero attached hydrogens (tertiary/aromatic N) is 3. The zero-order valence-corrected chi connectivity index (χ0v) is 16.6. The monoisotopic (exact) mass is 397 g/mol. The van der Waals surface area contributed by atoms with Crippen molar-refractivity contribution in [2.24, 2.45) is 0 Å². The van der Waals surface area contributed by atoms with Gasteiger partial charge < -0.3 is 10.0 Å². The molecule has 6 nitrogen and oxygen atoms in total. The number of benzene rings is 2. The number of hydrogen-bond acceptors (Lipinski definition) is 5. The number of anilines is 1. The zero-order chi connectivity index (χ0) is 19.9. The van der Waals surface area contributed by atoms with Crippen molar-refractivity contribution in [1.29, 1.82) is 0 Å². The molecular weight excluding hydrogens is 374 g/mol. The van der Waals surface area contributed by atoms with E-state index >= 15 is 0 Å². The third kappa shape index (κ3) is 4.43. The number of aliphatic hydroxyl groups excluding tert-OH is 1. The van der Waals surface area contributed by atoms with Crippen LogP contribution >= 0.6 is 11.8 Å². The summed E-state index contributed by atoms with van der Waals surface area (Å²) in [5.74, 6) is 0.127. The van der Waals surface area contributed by atoms with Gasteiger partial charge in [-0.1, -0.05) is 42.1 Å². The summed E-state index contributed by atoms with van der Waals surface area (Å²) in [5.41, 5.74) is 1.31. The molecule has 0 spiro atoms. The van der Waals surface area contributed by atoms with Crippen LogP contribution in [0.5, 0.6) is 0 Å². The summed E-state index contributed by atoms with van der Waals surface area (Å²) < 4.78 is 1.55. The van der Waals surface area contributed by atoms with Crippen molar-refractivity contribution < 1.29 is 9.90 Å². The Morgan fingerprint density at radius 2 is 1.86 bits per heavy atom. The molecule has 0 radical (unpaired) electrons. The number of rotatable bonds is 8. The Labute approximate surface area is 167 Å². The van der Waals surface area contributed by atoms with E-state index in [2.05, 4.69) is 4.98 Å². The number of carbonyl (C=O) groups excluding carboxylic acids is 1. The molecule has 1 heterocycles. The maximum absolute atomic E-state index is 12.8. The van der Waals surface area contributed by atoms with E-state index in [9.17, 15) is 9.59 Å². The number of carbonyl (C=O) groups is 1. The first-order chi connectivity index (χ1) is 13.7. The van der Waals surface area contributed by atoms with Crippen LogP contribution in [0.3, 0.4) is 0 Å². The summed E-state index contributed by atoms with van der Waals surface area (Å²) in [6.45, 7) is 2.84. The van der Waals surface area contributed by atoms with Gasteiger partial charge in [-0.15, -0.1) is 0 Å². The number of thioether (sulfide) groups is 1. The van der Waals surface area contributed by atoms with E-state index in [1.54, 1.807) is 27.7 Å². The summed E-state index contributed by atoms with van der Waals surface area (Å²) in [6, 6.07) is 16.7. The maximum Gasteiger partial charge on any atom is 0.262 e. The molecule has 0 saturated heterocycles. The van der Waals surface area contributed by atoms with Gasteiger partial charge in [0.1, 0.15) is 0 Å². The van der Waals surface area contributed by atoms with Crippen molar-refractivity contribution in [3.05, 3.63) is 65.0 Å². The van der Waals surface area contributed by atoms with Crippen LogP contribution in [0.15, 0.2) is 64.5 Å². The van der Waals surface area contributed by atoms with Crippen LogP contribution < -0.4 is 10.5 Å². The number of para-hydroxylation sites is 2. The average molecular weight is 398 g/mol. The minimum absolute atomic E-state index is 0.0140. The summed E-state index contributed by atoms with van der Waals surface area (Å²) >= 11 is 1.25. The fourth-order valence-electron chi connectivity index (χ4n) is 3.00. The minimum Gasteiger partial charge on any atom is -0.396 e. The molecule has 28 heavy (non-hydrogen) atoms. The Bertz CT molecular complexity index is 1000. The number of fused-ring (bicyclic) bond motifs is 1. The van der Waals surface area contributed by atoms with Gasteiger partial charge in [0.15, 0.2) is 5.16 Å². The Kier molecular flexibility index (Phi) is 6.84. The highest BCUT2D eigenvalue weighted by Gasteiger charge is 2.17. The van der Waals surface area contributed by atoms with Gasteiger partial charge in [0.25, 0.3) is 5.56 Å². The SMILES string of the molecule is CCN(C(=O)CSc1nc2ccccc2c(=O)n1CCCO)c1ccccc1. The van der Waals surface area contributed by atoms with Crippen molar-refractivity contribution in [2.45, 2.75) is 25.0 Å². The lowest BCUT2D eigenvalue weighted by Gasteiger charge is -2.21. The lowest BCUT2D eigenvalue weighted by molar-refractivity contribution is -0.116. The van der Waals surface area contributed by atoms with Crippen LogP contribution in [0, 0.1) is 0 Å². The second-order valence-electron chi connectivity index (χ2n) is 6.21. The number of hydrogen-bond donors (Lipinski definition) is 1. The van der Waals surface area contributed by atoms with E-state index in [0.29, 0.717) is 35.6 Å². The quantitative estimate of drug-likeness (QED) is 0.467. The largest absolute Gasteiger partial charge is 0.396 e. The maximum atomic E-state index is 12.8. The Morgan fingerprint density at radius 1 is 1.14 bits per heavy atom. The lowest BCUT2D eigenvalue weighted by atomic mass is 10.2. The molecule has 3 aromatic rings. The molecular formula is C21H23N3O3S. The highest BCUT2D eigenvalue weighted by atomic mass is 32.2. The van der Waals surface area contributed by atoms with Gasteiger partial charge in [0.2, 0.25) is 5.91 Å². The molecule has 2 aromatic carbocycles. The summed E-state index contributed by atoms with van der Waals surface area (Å²) in [4.78, 5) is 31.9. The molecule has 0 bridgehead atoms. The summed E-state index contributed by atoms with van der Waals surface area (Å²) in [5, 5.41) is 10.2. The molecule has 0 aliphatic heterocycles. The molecule has 0 saturated carbocycles. The Balaban J connectivity index is 1.86. The molecule has 0 fully saturated rings. The van der Waals surface area contributed by atoms with E-state index < -0.39 is 0 Å². The molecule has 3 rings (SSSR count). The molecule has 146 valence electrons. The average Bonchev–Trinajstić information content (AvgIpc) is 2.73. The van der Waals surface area contributed by atoms with E-state index in [0.717, 1.165) is 5.69 Å². The highest BCUT2D eigenvalue weighted by molar-refractivity contribution is 7.99. The molecule has 0 unspecified atom stereocenters. The van der Waals surface area contributed by atoms with Gasteiger partial charge in [-0.05, 0) is 37.6 Å². The van der Waals surface area contributed by atoms with Crippen LogP contribution in [0.1, 0.15) is 13.3 Å². The van der Waals surface area contributed by atoms with Crippen LogP contribution in [0.2, 0.25) is 0 Å². The molecule has 1 amide bonds. The van der Waals surface area contributed by atoms with Gasteiger partial charge in [0, 0.05) is 25.4 Å². The van der Waals surface area contributed by atoms with E-state index in [4.69, 9.17) is 5.11 Å². The fourth-order valence-corrected chi connectivity index (χ4v) is 3.90. The van der Waals surface area contributed by atoms with Crippen molar-refractivity contribution in [3.63, 3.8) is 0 Å². The predicted molar refractivity (Wildman–Crippen MR) is 113 cm³/mol. The molecule has 7 heteroatoms. The fraction of sp³-hybridized carbons (Fsp3) is 0.286. The van der Waals surface area contributed by atoms with Crippen molar-refractivity contribution in [2.75, 3.05) is 23.8 Å². The topological polar surface area (TPSA) is 75.4 Å². The normalized spacial score (nSPS) is 10.9. The zero-order valence-electron chi connectivity index (χ0n) is 15.7. The van der Waals surface area contributed by atoms with E-state index in [-0.39, 0.29) is 23.8 Å². The van der Waals surface area contributed by atoms with Gasteiger partial charge in [-0.2, -0.15) is 0 Å². The van der Waals surface area contributed by atoms with Crippen LogP contribution in [-0.4, -0.2) is 39.5 Å². The standard InChI is InChI=1S/C21H23N3O3S/c1-2-23(16-9-4-3-5-10-16)19(26)15-28-21-22-18-12-7-6-11-17(18)20(27)24(21)13-8-14-25/h3-7,9-12,25H,2,8,13-15H2,1H3. The number of aliphatic hydroxyl groups is 1. The molecule has 0 aliphatic rings. The van der Waals surface area contributed by atoms with E-state index in [1.165, 1.54) is 11.8 Å². The molecule has 1 aromatic heterocycles. The Morgan fingerprint density at radius 3 is 2.57 bits per heavy atom. The molecule has 0 aliphatic carbocycles. The van der Waals surface area contributed by atoms with Gasteiger partial charge in [-0.3, -0.25) is 14.2 Å². The second kappa shape index (κ2) is 9.52. The smallest absolute Gasteiger partial charge is 0.262 e. The molecule has 1 N–H and O–H groups in total. The van der Waals surface area contributed by atoms with Gasteiger partial charge in [0.05, 0.1) is 16.7 Å². The van der Waals surface area contributed by atoms with Crippen LogP contribution in [-0.2, 0) is 11.3 Å². The summed E-state index contributed by atoms with van der Waals surface area (Å²) in [7, 11) is 0. The van der Waals surface area contributed by atoms with Crippen molar-refractivity contribution >= 4 is 34.3 Å². The molecule has 0 atom stereocenters. The third-order valence-electron chi connectivity index (χ3n) is 4.38. The highest BCUT2D eigenvalue weighted by Crippen LogP contribution is 2.20. The van der Waals surface area contributed by atoms with Crippen molar-refractivity contribution in [1.82, 2.24) is 9.55 Å². The first-order valence-electron chi connectivity index (χ1n) is 9.24. The first-order valence-corrected chi connectivity index (χ1v) is 10.2. The minimum atomic E-state index is -0.149. The second-order valence-corrected chi connectivity index (χ2v) is 7.15. The van der Waals surface area contributed by atoms with Crippen LogP contribution in [0.25, 0.3) is 10.9 Å². The number of amides is 1. The summed E-state index contributed by atoms with van der Waals surface area (Å²) in [6.07, 6.45) is 0.451. The number of aromatic nitrogens is 2. The third-order valence-corrected chi connectivity index (χ3v) is 5.34. The first kappa shape index (κ1) is 20.1. The van der Waals surface area contributed by atoms with Crippen molar-refractivity contribution in [3.8, 4) is 0 Å². The van der Waals surface area contributed by atoms with Gasteiger partial charge in [-0.25, -0.2) is 4.98 Å². The predicted octanol–water partition coefficient (Wildman–Crippen LogP) is 2.92.